The van der Waals surface area contributed by atoms with E-state index >= 15 is 0 Å². The zero-order valence-corrected chi connectivity index (χ0v) is 11.6. The molecule has 0 atom stereocenters. The molecule has 110 valence electrons. The van der Waals surface area contributed by atoms with E-state index < -0.39 is 11.6 Å². The summed E-state index contributed by atoms with van der Waals surface area (Å²) < 4.78 is 28.6. The summed E-state index contributed by atoms with van der Waals surface area (Å²) in [5, 5.41) is 4.21. The van der Waals surface area contributed by atoms with Crippen molar-refractivity contribution >= 4 is 11.6 Å². The van der Waals surface area contributed by atoms with Crippen LogP contribution in [0.2, 0.25) is 0 Å². The maximum Gasteiger partial charge on any atom is 0.227 e. The zero-order chi connectivity index (χ0) is 15.0. The molecule has 0 unspecified atom stereocenters. The number of nitrogens with zero attached hydrogens (tertiary/aromatic N) is 3. The van der Waals surface area contributed by atoms with Crippen molar-refractivity contribution in [1.29, 1.82) is 0 Å². The van der Waals surface area contributed by atoms with Crippen LogP contribution in [0.4, 0.5) is 14.5 Å². The molecule has 0 fully saturated rings. The number of amides is 1. The first kappa shape index (κ1) is 13.7. The molecule has 2 aromatic rings. The topological polar surface area (TPSA) is 38.1 Å². The van der Waals surface area contributed by atoms with E-state index in [4.69, 9.17) is 0 Å². The molecule has 0 bridgehead atoms. The van der Waals surface area contributed by atoms with Gasteiger partial charge in [-0.2, -0.15) is 5.10 Å². The van der Waals surface area contributed by atoms with Crippen molar-refractivity contribution in [1.82, 2.24) is 9.78 Å². The molecule has 4 nitrogen and oxygen atoms in total. The maximum atomic E-state index is 13.7. The molecular weight excluding hydrogens is 276 g/mol. The van der Waals surface area contributed by atoms with Gasteiger partial charge in [0.05, 0.1) is 11.4 Å². The standard InChI is InChI=1S/C15H15F2N3O/c1-19-6-4-11(18-19)2-3-15(21)20-7-5-12-13(17)8-10(16)9-14(12)20/h4,6,8-9H,2-3,5,7H2,1H3. The number of hydrogen-bond donors (Lipinski definition) is 0. The molecule has 1 aromatic heterocycles. The van der Waals surface area contributed by atoms with E-state index in [9.17, 15) is 13.6 Å². The van der Waals surface area contributed by atoms with Crippen LogP contribution >= 0.6 is 0 Å². The first-order valence-corrected chi connectivity index (χ1v) is 6.81. The molecule has 2 heterocycles. The quantitative estimate of drug-likeness (QED) is 0.869. The molecular formula is C15H15F2N3O. The van der Waals surface area contributed by atoms with Crippen molar-refractivity contribution in [2.24, 2.45) is 7.05 Å². The molecule has 1 amide bonds. The Bertz CT molecular complexity index is 696. The molecule has 0 aliphatic carbocycles. The lowest BCUT2D eigenvalue weighted by Crippen LogP contribution is -2.29. The highest BCUT2D eigenvalue weighted by Gasteiger charge is 2.27. The van der Waals surface area contributed by atoms with Crippen LogP contribution in [0.15, 0.2) is 24.4 Å². The van der Waals surface area contributed by atoms with Gasteiger partial charge in [0, 0.05) is 44.3 Å². The molecule has 0 saturated carbocycles. The van der Waals surface area contributed by atoms with Gasteiger partial charge in [0.25, 0.3) is 0 Å². The summed E-state index contributed by atoms with van der Waals surface area (Å²) in [5.41, 5.74) is 1.61. The lowest BCUT2D eigenvalue weighted by Gasteiger charge is -2.17. The maximum absolute atomic E-state index is 13.7. The smallest absolute Gasteiger partial charge is 0.227 e. The summed E-state index contributed by atoms with van der Waals surface area (Å²) in [4.78, 5) is 13.7. The molecule has 0 saturated heterocycles. The van der Waals surface area contributed by atoms with Crippen molar-refractivity contribution in [3.63, 3.8) is 0 Å². The highest BCUT2D eigenvalue weighted by atomic mass is 19.1. The van der Waals surface area contributed by atoms with Gasteiger partial charge in [-0.1, -0.05) is 0 Å². The van der Waals surface area contributed by atoms with E-state index in [-0.39, 0.29) is 12.3 Å². The van der Waals surface area contributed by atoms with Gasteiger partial charge >= 0.3 is 0 Å². The van der Waals surface area contributed by atoms with Gasteiger partial charge in [-0.25, -0.2) is 8.78 Å². The summed E-state index contributed by atoms with van der Waals surface area (Å²) >= 11 is 0. The Kier molecular flexibility index (Phi) is 3.45. The van der Waals surface area contributed by atoms with Crippen LogP contribution in [0.1, 0.15) is 17.7 Å². The Balaban J connectivity index is 1.73. The molecule has 21 heavy (non-hydrogen) atoms. The Morgan fingerprint density at radius 2 is 2.19 bits per heavy atom. The van der Waals surface area contributed by atoms with Gasteiger partial charge in [-0.15, -0.1) is 0 Å². The van der Waals surface area contributed by atoms with E-state index in [1.165, 1.54) is 11.0 Å². The number of hydrogen-bond acceptors (Lipinski definition) is 2. The summed E-state index contributed by atoms with van der Waals surface area (Å²) in [5.74, 6) is -1.37. The lowest BCUT2D eigenvalue weighted by atomic mass is 10.1. The Hall–Kier alpha value is -2.24. The van der Waals surface area contributed by atoms with Gasteiger partial charge in [0.1, 0.15) is 11.6 Å². The number of carbonyl (C=O) groups is 1. The minimum absolute atomic E-state index is 0.135. The number of carbonyl (C=O) groups excluding carboxylic acids is 1. The number of halogens is 2. The number of rotatable bonds is 3. The average molecular weight is 291 g/mol. The molecule has 1 aliphatic rings. The zero-order valence-electron chi connectivity index (χ0n) is 11.6. The van der Waals surface area contributed by atoms with Crippen LogP contribution in [0.25, 0.3) is 0 Å². The average Bonchev–Trinajstić information content (AvgIpc) is 3.02. The molecule has 1 aromatic carbocycles. The third kappa shape index (κ3) is 2.66. The van der Waals surface area contributed by atoms with E-state index in [1.54, 1.807) is 4.68 Å². The third-order valence-electron chi connectivity index (χ3n) is 3.68. The van der Waals surface area contributed by atoms with Gasteiger partial charge in [0.2, 0.25) is 5.91 Å². The molecule has 0 N–H and O–H groups in total. The monoisotopic (exact) mass is 291 g/mol. The molecule has 1 aliphatic heterocycles. The van der Waals surface area contributed by atoms with Gasteiger partial charge in [-0.05, 0) is 18.6 Å². The Morgan fingerprint density at radius 3 is 2.90 bits per heavy atom. The number of aryl methyl sites for hydroxylation is 2. The van der Waals surface area contributed by atoms with E-state index in [2.05, 4.69) is 5.10 Å². The fraction of sp³-hybridized carbons (Fsp3) is 0.333. The van der Waals surface area contributed by atoms with Gasteiger partial charge < -0.3 is 4.90 Å². The fourth-order valence-corrected chi connectivity index (χ4v) is 2.65. The van der Waals surface area contributed by atoms with Crippen LogP contribution in [0, 0.1) is 11.6 Å². The predicted molar refractivity (Wildman–Crippen MR) is 73.9 cm³/mol. The number of anilines is 1. The Labute approximate surface area is 121 Å². The van der Waals surface area contributed by atoms with Crippen molar-refractivity contribution < 1.29 is 13.6 Å². The van der Waals surface area contributed by atoms with Gasteiger partial charge in [0.15, 0.2) is 0 Å². The number of aromatic nitrogens is 2. The molecule has 0 radical (unpaired) electrons. The van der Waals surface area contributed by atoms with Crippen LogP contribution in [-0.4, -0.2) is 22.2 Å². The van der Waals surface area contributed by atoms with Crippen molar-refractivity contribution in [2.75, 3.05) is 11.4 Å². The number of benzene rings is 1. The van der Waals surface area contributed by atoms with Crippen LogP contribution in [0.3, 0.4) is 0 Å². The molecule has 6 heteroatoms. The largest absolute Gasteiger partial charge is 0.312 e. The van der Waals surface area contributed by atoms with E-state index in [1.807, 2.05) is 19.3 Å². The highest BCUT2D eigenvalue weighted by Crippen LogP contribution is 2.31. The normalized spacial score (nSPS) is 13.6. The summed E-state index contributed by atoms with van der Waals surface area (Å²) in [6, 6.07) is 3.94. The summed E-state index contributed by atoms with van der Waals surface area (Å²) in [6.45, 7) is 0.400. The number of fused-ring (bicyclic) bond motifs is 1. The Morgan fingerprint density at radius 1 is 1.38 bits per heavy atom. The summed E-state index contributed by atoms with van der Waals surface area (Å²) in [7, 11) is 1.81. The summed E-state index contributed by atoms with van der Waals surface area (Å²) in [6.07, 6.45) is 3.03. The van der Waals surface area contributed by atoms with Crippen LogP contribution in [-0.2, 0) is 24.7 Å². The predicted octanol–water partition coefficient (Wildman–Crippen LogP) is 2.22. The first-order chi connectivity index (χ1) is 10.0. The minimum atomic E-state index is -0.657. The van der Waals surface area contributed by atoms with Crippen LogP contribution in [0.5, 0.6) is 0 Å². The molecule has 3 rings (SSSR count). The van der Waals surface area contributed by atoms with E-state index in [0.29, 0.717) is 30.6 Å². The van der Waals surface area contributed by atoms with Crippen molar-refractivity contribution in [2.45, 2.75) is 19.3 Å². The van der Waals surface area contributed by atoms with Crippen LogP contribution < -0.4 is 4.90 Å². The second-order valence-electron chi connectivity index (χ2n) is 5.16. The van der Waals surface area contributed by atoms with Crippen molar-refractivity contribution in [3.8, 4) is 0 Å². The lowest BCUT2D eigenvalue weighted by molar-refractivity contribution is -0.118. The van der Waals surface area contributed by atoms with Crippen molar-refractivity contribution in [3.05, 3.63) is 47.3 Å². The van der Waals surface area contributed by atoms with E-state index in [0.717, 1.165) is 11.8 Å². The molecule has 0 spiro atoms. The van der Waals surface area contributed by atoms with Gasteiger partial charge in [-0.3, -0.25) is 9.48 Å². The first-order valence-electron chi connectivity index (χ1n) is 6.81. The SMILES string of the molecule is Cn1ccc(CCC(=O)N2CCc3c(F)cc(F)cc32)n1. The second-order valence-corrected chi connectivity index (χ2v) is 5.16. The highest BCUT2D eigenvalue weighted by molar-refractivity contribution is 5.95. The fourth-order valence-electron chi connectivity index (χ4n) is 2.65. The second kappa shape index (κ2) is 5.27. The third-order valence-corrected chi connectivity index (χ3v) is 3.68. The minimum Gasteiger partial charge on any atom is -0.312 e.